The second-order valence-electron chi connectivity index (χ2n) is 4.81. The Balaban J connectivity index is 1.94. The number of nitrogens with one attached hydrogen (secondary N) is 1. The molecular weight excluding hydrogens is 264 g/mol. The molecule has 1 atom stereocenters. The number of carbonyl (C=O) groups is 2. The molecule has 3 rings (SSSR count). The van der Waals surface area contributed by atoms with Crippen molar-refractivity contribution >= 4 is 29.1 Å². The summed E-state index contributed by atoms with van der Waals surface area (Å²) in [6, 6.07) is 0. The van der Waals surface area contributed by atoms with Gasteiger partial charge in [-0.3, -0.25) is 9.59 Å². The van der Waals surface area contributed by atoms with Crippen molar-refractivity contribution in [3.63, 3.8) is 0 Å². The first-order chi connectivity index (χ1) is 9.19. The van der Waals surface area contributed by atoms with Crippen LogP contribution in [-0.4, -0.2) is 23.4 Å². The van der Waals surface area contributed by atoms with Crippen LogP contribution in [-0.2, 0) is 9.59 Å². The molecule has 19 heavy (non-hydrogen) atoms. The van der Waals surface area contributed by atoms with E-state index in [1.807, 2.05) is 12.2 Å². The van der Waals surface area contributed by atoms with E-state index in [1.54, 1.807) is 6.08 Å². The number of alkyl halides is 1. The highest BCUT2D eigenvalue weighted by atomic mass is 35.5. The molecule has 0 bridgehead atoms. The molecule has 0 aromatic heterocycles. The van der Waals surface area contributed by atoms with Gasteiger partial charge in [0.15, 0.2) is 0 Å². The maximum Gasteiger partial charge on any atom is 0.261 e. The minimum atomic E-state index is -0.375. The Bertz CT molecular complexity index is 584. The fraction of sp³-hybridized carbons (Fsp3) is 0.357. The van der Waals surface area contributed by atoms with Gasteiger partial charge >= 0.3 is 0 Å². The Hall–Kier alpha value is -1.68. The summed E-state index contributed by atoms with van der Waals surface area (Å²) in [5, 5.41) is 2.90. The molecule has 0 fully saturated rings. The zero-order chi connectivity index (χ0) is 13.4. The van der Waals surface area contributed by atoms with Crippen molar-refractivity contribution in [1.29, 1.82) is 0 Å². The Morgan fingerprint density at radius 2 is 2.32 bits per heavy atom. The van der Waals surface area contributed by atoms with Gasteiger partial charge in [0.05, 0.1) is 5.71 Å². The second kappa shape index (κ2) is 4.78. The number of carbonyl (C=O) groups excluding carboxylic acids is 2. The van der Waals surface area contributed by atoms with Gasteiger partial charge < -0.3 is 5.32 Å². The summed E-state index contributed by atoms with van der Waals surface area (Å²) in [6.07, 6.45) is 8.46. The van der Waals surface area contributed by atoms with E-state index in [4.69, 9.17) is 11.6 Å². The highest BCUT2D eigenvalue weighted by molar-refractivity contribution is 6.28. The fourth-order valence-electron chi connectivity index (χ4n) is 2.83. The summed E-state index contributed by atoms with van der Waals surface area (Å²) in [5.41, 5.74) is 3.51. The number of aliphatic imine (C=N–C) groups is 1. The third-order valence-corrected chi connectivity index (χ3v) is 3.86. The van der Waals surface area contributed by atoms with Gasteiger partial charge in [-0.1, -0.05) is 6.08 Å². The Labute approximate surface area is 115 Å². The van der Waals surface area contributed by atoms with Crippen molar-refractivity contribution in [2.24, 2.45) is 10.9 Å². The molecular formula is C14H13ClN2O2. The van der Waals surface area contributed by atoms with E-state index in [2.05, 4.69) is 10.3 Å². The molecule has 2 aliphatic carbocycles. The van der Waals surface area contributed by atoms with Gasteiger partial charge in [-0.15, -0.1) is 11.6 Å². The molecule has 1 N–H and O–H groups in total. The summed E-state index contributed by atoms with van der Waals surface area (Å²) >= 11 is 5.43. The average Bonchev–Trinajstić information content (AvgIpc) is 2.88. The average molecular weight is 277 g/mol. The molecule has 1 heterocycles. The lowest BCUT2D eigenvalue weighted by molar-refractivity contribution is -0.117. The van der Waals surface area contributed by atoms with Crippen molar-refractivity contribution in [1.82, 2.24) is 5.32 Å². The Morgan fingerprint density at radius 1 is 1.47 bits per heavy atom. The number of halogens is 1. The second-order valence-corrected chi connectivity index (χ2v) is 5.08. The van der Waals surface area contributed by atoms with Crippen molar-refractivity contribution in [2.45, 2.75) is 19.3 Å². The van der Waals surface area contributed by atoms with Crippen LogP contribution in [0.5, 0.6) is 0 Å². The number of hydrogen-bond acceptors (Lipinski definition) is 2. The highest BCUT2D eigenvalue weighted by Gasteiger charge is 2.34. The molecule has 1 aliphatic heterocycles. The number of amides is 2. The maximum absolute atomic E-state index is 12.0. The van der Waals surface area contributed by atoms with Crippen LogP contribution in [0, 0.1) is 5.92 Å². The molecule has 3 aliphatic rings. The number of hydrogen-bond donors (Lipinski definition) is 1. The van der Waals surface area contributed by atoms with Crippen LogP contribution in [0.3, 0.4) is 0 Å². The van der Waals surface area contributed by atoms with Crippen LogP contribution < -0.4 is 5.32 Å². The molecule has 0 saturated carbocycles. The molecule has 5 heteroatoms. The predicted molar refractivity (Wildman–Crippen MR) is 72.9 cm³/mol. The lowest BCUT2D eigenvalue weighted by Gasteiger charge is -2.28. The maximum atomic E-state index is 12.0. The Kier molecular flexibility index (Phi) is 3.11. The molecule has 2 amide bonds. The summed E-state index contributed by atoms with van der Waals surface area (Å²) in [4.78, 5) is 27.0. The first-order valence-corrected chi connectivity index (χ1v) is 6.83. The van der Waals surface area contributed by atoms with Crippen LogP contribution >= 0.6 is 11.6 Å². The van der Waals surface area contributed by atoms with E-state index in [0.717, 1.165) is 30.5 Å². The van der Waals surface area contributed by atoms with Crippen molar-refractivity contribution in [3.05, 3.63) is 35.1 Å². The molecule has 0 aromatic carbocycles. The van der Waals surface area contributed by atoms with Gasteiger partial charge in [0.25, 0.3) is 11.8 Å². The van der Waals surface area contributed by atoms with E-state index in [0.29, 0.717) is 5.71 Å². The van der Waals surface area contributed by atoms with E-state index in [1.165, 1.54) is 5.57 Å². The Morgan fingerprint density at radius 3 is 3.11 bits per heavy atom. The zero-order valence-corrected chi connectivity index (χ0v) is 11.0. The van der Waals surface area contributed by atoms with E-state index >= 15 is 0 Å². The third-order valence-electron chi connectivity index (χ3n) is 3.63. The number of nitrogens with zero attached hydrogens (tertiary/aromatic N) is 1. The quantitative estimate of drug-likeness (QED) is 0.744. The lowest BCUT2D eigenvalue weighted by Crippen LogP contribution is -2.35. The summed E-state index contributed by atoms with van der Waals surface area (Å²) < 4.78 is 0. The van der Waals surface area contributed by atoms with Crippen LogP contribution in [0.15, 0.2) is 40.1 Å². The number of rotatable bonds is 1. The monoisotopic (exact) mass is 276 g/mol. The predicted octanol–water partition coefficient (Wildman–Crippen LogP) is 1.87. The van der Waals surface area contributed by atoms with Gasteiger partial charge in [0, 0.05) is 17.2 Å². The van der Waals surface area contributed by atoms with Crippen LogP contribution in [0.1, 0.15) is 19.3 Å². The van der Waals surface area contributed by atoms with Crippen molar-refractivity contribution in [3.8, 4) is 0 Å². The largest absolute Gasteiger partial charge is 0.325 e. The van der Waals surface area contributed by atoms with Gasteiger partial charge in [0.2, 0.25) is 0 Å². The third kappa shape index (κ3) is 2.16. The van der Waals surface area contributed by atoms with E-state index in [-0.39, 0.29) is 23.6 Å². The molecule has 0 radical (unpaired) electrons. The smallest absolute Gasteiger partial charge is 0.261 e. The molecule has 4 nitrogen and oxygen atoms in total. The normalized spacial score (nSPS) is 27.0. The van der Waals surface area contributed by atoms with Crippen LogP contribution in [0.25, 0.3) is 0 Å². The highest BCUT2D eigenvalue weighted by Crippen LogP contribution is 2.39. The molecule has 98 valence electrons. The first-order valence-electron chi connectivity index (χ1n) is 6.29. The van der Waals surface area contributed by atoms with Crippen LogP contribution in [0.2, 0.25) is 0 Å². The minimum absolute atomic E-state index is 0.00619. The number of fused-ring (bicyclic) bond motifs is 2. The molecule has 0 saturated heterocycles. The summed E-state index contributed by atoms with van der Waals surface area (Å²) in [7, 11) is 0. The first kappa shape index (κ1) is 12.4. The van der Waals surface area contributed by atoms with Gasteiger partial charge in [0.1, 0.15) is 5.88 Å². The molecule has 0 spiro atoms. The fourth-order valence-corrected chi connectivity index (χ4v) is 2.89. The molecule has 0 aromatic rings. The van der Waals surface area contributed by atoms with Gasteiger partial charge in [-0.25, -0.2) is 4.99 Å². The van der Waals surface area contributed by atoms with Gasteiger partial charge in [-0.2, -0.15) is 0 Å². The van der Waals surface area contributed by atoms with Crippen molar-refractivity contribution in [2.75, 3.05) is 5.88 Å². The lowest BCUT2D eigenvalue weighted by atomic mass is 9.85. The van der Waals surface area contributed by atoms with Gasteiger partial charge in [-0.05, 0) is 37.0 Å². The SMILES string of the molecule is O=C(CCl)N=C1C=CC2C(=C1)NC(=O)C1=C2CCC1. The summed E-state index contributed by atoms with van der Waals surface area (Å²) in [5.74, 6) is -0.376. The summed E-state index contributed by atoms with van der Waals surface area (Å²) in [6.45, 7) is 0. The van der Waals surface area contributed by atoms with E-state index < -0.39 is 0 Å². The number of allylic oxidation sites excluding steroid dienone is 3. The topological polar surface area (TPSA) is 58.5 Å². The zero-order valence-electron chi connectivity index (χ0n) is 10.3. The molecule has 1 unspecified atom stereocenters. The standard InChI is InChI=1S/C14H13ClN2O2/c15-7-13(18)16-8-4-5-10-9-2-1-3-11(9)14(19)17-12(10)6-8/h4-6,10H,1-3,7H2,(H,17,19). The minimum Gasteiger partial charge on any atom is -0.325 e. The van der Waals surface area contributed by atoms with Crippen molar-refractivity contribution < 1.29 is 9.59 Å². The van der Waals surface area contributed by atoms with Crippen LogP contribution in [0.4, 0.5) is 0 Å². The van der Waals surface area contributed by atoms with E-state index in [9.17, 15) is 9.59 Å².